The molecular formula is C15H19ClF3N3O3S. The lowest BCUT2D eigenvalue weighted by atomic mass is 10.0. The summed E-state index contributed by atoms with van der Waals surface area (Å²) in [5.74, 6) is -0.285. The lowest BCUT2D eigenvalue weighted by molar-refractivity contribution is -0.123. The monoisotopic (exact) mass is 413 g/mol. The molecule has 3 rings (SSSR count). The van der Waals surface area contributed by atoms with Crippen molar-refractivity contribution in [2.45, 2.75) is 11.1 Å². The summed E-state index contributed by atoms with van der Waals surface area (Å²) in [7, 11) is -3.66. The van der Waals surface area contributed by atoms with Gasteiger partial charge >= 0.3 is 6.18 Å². The van der Waals surface area contributed by atoms with E-state index < -0.39 is 28.7 Å². The molecular weight excluding hydrogens is 395 g/mol. The number of hydrogen-bond acceptors (Lipinski definition) is 4. The van der Waals surface area contributed by atoms with Crippen molar-refractivity contribution in [1.82, 2.24) is 14.9 Å². The molecule has 2 heterocycles. The number of halogens is 4. The Hall–Kier alpha value is -1.36. The van der Waals surface area contributed by atoms with Crippen LogP contribution in [0.15, 0.2) is 29.2 Å². The minimum atomic E-state index is -4.50. The molecule has 1 aromatic carbocycles. The van der Waals surface area contributed by atoms with Crippen LogP contribution in [0.5, 0.6) is 0 Å². The highest BCUT2D eigenvalue weighted by atomic mass is 35.5. The van der Waals surface area contributed by atoms with E-state index in [1.54, 1.807) is 5.32 Å². The molecule has 1 aromatic rings. The molecule has 0 saturated carbocycles. The smallest absolute Gasteiger partial charge is 0.343 e. The van der Waals surface area contributed by atoms with Crippen molar-refractivity contribution < 1.29 is 26.4 Å². The van der Waals surface area contributed by atoms with Crippen molar-refractivity contribution >= 4 is 28.3 Å². The molecule has 2 fully saturated rings. The van der Waals surface area contributed by atoms with Crippen LogP contribution in [0.3, 0.4) is 0 Å². The molecule has 2 aliphatic rings. The molecule has 0 spiro atoms. The number of rotatable bonds is 4. The van der Waals surface area contributed by atoms with Crippen molar-refractivity contribution in [1.29, 1.82) is 0 Å². The van der Waals surface area contributed by atoms with E-state index in [0.717, 1.165) is 13.1 Å². The molecule has 146 valence electrons. The maximum atomic E-state index is 12.7. The van der Waals surface area contributed by atoms with E-state index in [2.05, 4.69) is 5.32 Å². The average molecular weight is 414 g/mol. The standard InChI is InChI=1S/C15H18F3N3O3S.ClH/c16-15(17,18)9-20-14(22)10-1-3-13(4-2-10)25(23,24)21-7-11-5-19-6-12(11)8-21;/h1-4,11-12,19H,5-9H2,(H,20,22);1H/t11-,12+;. The van der Waals surface area contributed by atoms with Gasteiger partial charge in [-0.15, -0.1) is 12.4 Å². The highest BCUT2D eigenvalue weighted by Crippen LogP contribution is 2.30. The lowest BCUT2D eigenvalue weighted by Crippen LogP contribution is -2.34. The summed E-state index contributed by atoms with van der Waals surface area (Å²) in [6.07, 6.45) is -4.50. The first-order valence-corrected chi connectivity index (χ1v) is 9.27. The Morgan fingerprint density at radius 2 is 1.69 bits per heavy atom. The summed E-state index contributed by atoms with van der Waals surface area (Å²) in [6, 6.07) is 4.95. The molecule has 2 saturated heterocycles. The Morgan fingerprint density at radius 1 is 1.15 bits per heavy atom. The largest absolute Gasteiger partial charge is 0.405 e. The highest BCUT2D eigenvalue weighted by Gasteiger charge is 2.41. The quantitative estimate of drug-likeness (QED) is 0.778. The molecule has 0 unspecified atom stereocenters. The van der Waals surface area contributed by atoms with Crippen molar-refractivity contribution in [3.8, 4) is 0 Å². The number of sulfonamides is 1. The summed E-state index contributed by atoms with van der Waals surface area (Å²) in [5, 5.41) is 4.98. The van der Waals surface area contributed by atoms with E-state index in [1.165, 1.54) is 28.6 Å². The van der Waals surface area contributed by atoms with Gasteiger partial charge in [-0.05, 0) is 49.2 Å². The SMILES string of the molecule is Cl.O=C(NCC(F)(F)F)c1ccc(S(=O)(=O)N2C[C@H]3CNC[C@H]3C2)cc1. The number of hydrogen-bond donors (Lipinski definition) is 2. The molecule has 0 aromatic heterocycles. The third-order valence-electron chi connectivity index (χ3n) is 4.56. The number of nitrogens with zero attached hydrogens (tertiary/aromatic N) is 1. The second-order valence-electron chi connectivity index (χ2n) is 6.32. The van der Waals surface area contributed by atoms with E-state index in [-0.39, 0.29) is 22.9 Å². The van der Waals surface area contributed by atoms with Gasteiger partial charge in [0.25, 0.3) is 5.91 Å². The summed E-state index contributed by atoms with van der Waals surface area (Å²) in [6.45, 7) is 1.07. The first-order chi connectivity index (χ1) is 11.7. The molecule has 2 N–H and O–H groups in total. The maximum absolute atomic E-state index is 12.7. The lowest BCUT2D eigenvalue weighted by Gasteiger charge is -2.17. The fraction of sp³-hybridized carbons (Fsp3) is 0.533. The van der Waals surface area contributed by atoms with E-state index in [0.29, 0.717) is 24.9 Å². The minimum absolute atomic E-state index is 0. The van der Waals surface area contributed by atoms with Crippen LogP contribution in [-0.4, -0.2) is 57.5 Å². The van der Waals surface area contributed by atoms with Crippen molar-refractivity contribution in [3.05, 3.63) is 29.8 Å². The van der Waals surface area contributed by atoms with Gasteiger partial charge < -0.3 is 10.6 Å². The second-order valence-corrected chi connectivity index (χ2v) is 8.26. The van der Waals surface area contributed by atoms with Gasteiger partial charge in [0, 0.05) is 18.7 Å². The number of alkyl halides is 3. The van der Waals surface area contributed by atoms with Crippen LogP contribution in [-0.2, 0) is 10.0 Å². The zero-order valence-electron chi connectivity index (χ0n) is 13.6. The van der Waals surface area contributed by atoms with Crippen LogP contribution < -0.4 is 10.6 Å². The Balaban J connectivity index is 0.00000243. The van der Waals surface area contributed by atoms with Gasteiger partial charge in [-0.2, -0.15) is 17.5 Å². The molecule has 0 bridgehead atoms. The van der Waals surface area contributed by atoms with Crippen LogP contribution in [0.2, 0.25) is 0 Å². The number of nitrogens with one attached hydrogen (secondary N) is 2. The van der Waals surface area contributed by atoms with Gasteiger partial charge in [0.05, 0.1) is 4.90 Å². The van der Waals surface area contributed by atoms with Crippen molar-refractivity contribution in [3.63, 3.8) is 0 Å². The molecule has 11 heteroatoms. The molecule has 2 aliphatic heterocycles. The molecule has 26 heavy (non-hydrogen) atoms. The van der Waals surface area contributed by atoms with Crippen molar-refractivity contribution in [2.75, 3.05) is 32.7 Å². The van der Waals surface area contributed by atoms with Gasteiger partial charge in [-0.3, -0.25) is 4.79 Å². The Kier molecular flexibility index (Phi) is 6.21. The van der Waals surface area contributed by atoms with Gasteiger partial charge in [-0.1, -0.05) is 0 Å². The number of benzene rings is 1. The molecule has 1 amide bonds. The van der Waals surface area contributed by atoms with E-state index in [4.69, 9.17) is 0 Å². The topological polar surface area (TPSA) is 78.5 Å². The fourth-order valence-corrected chi connectivity index (χ4v) is 4.77. The zero-order chi connectivity index (χ0) is 18.2. The van der Waals surface area contributed by atoms with Gasteiger partial charge in [0.1, 0.15) is 6.54 Å². The normalized spacial score (nSPS) is 23.3. The highest BCUT2D eigenvalue weighted by molar-refractivity contribution is 7.89. The van der Waals surface area contributed by atoms with Gasteiger partial charge in [0.2, 0.25) is 10.0 Å². The van der Waals surface area contributed by atoms with Crippen LogP contribution in [0, 0.1) is 11.8 Å². The Morgan fingerprint density at radius 3 is 2.19 bits per heavy atom. The van der Waals surface area contributed by atoms with Gasteiger partial charge in [0.15, 0.2) is 0 Å². The summed E-state index contributed by atoms with van der Waals surface area (Å²) < 4.78 is 63.1. The van der Waals surface area contributed by atoms with E-state index >= 15 is 0 Å². The molecule has 0 aliphatic carbocycles. The molecule has 0 radical (unpaired) electrons. The first kappa shape index (κ1) is 20.9. The summed E-state index contributed by atoms with van der Waals surface area (Å²) in [5.41, 5.74) is -0.0225. The predicted octanol–water partition coefficient (Wildman–Crippen LogP) is 1.24. The Bertz CT molecular complexity index is 744. The average Bonchev–Trinajstić information content (AvgIpc) is 3.14. The third kappa shape index (κ3) is 4.48. The summed E-state index contributed by atoms with van der Waals surface area (Å²) >= 11 is 0. The predicted molar refractivity (Wildman–Crippen MR) is 90.7 cm³/mol. The Labute approximate surface area is 155 Å². The number of fused-ring (bicyclic) bond motifs is 1. The van der Waals surface area contributed by atoms with E-state index in [1.807, 2.05) is 0 Å². The number of carbonyl (C=O) groups is 1. The minimum Gasteiger partial charge on any atom is -0.343 e. The maximum Gasteiger partial charge on any atom is 0.405 e. The summed E-state index contributed by atoms with van der Waals surface area (Å²) in [4.78, 5) is 11.7. The number of amides is 1. The van der Waals surface area contributed by atoms with Crippen LogP contribution >= 0.6 is 12.4 Å². The first-order valence-electron chi connectivity index (χ1n) is 7.83. The number of carbonyl (C=O) groups excluding carboxylic acids is 1. The van der Waals surface area contributed by atoms with Crippen molar-refractivity contribution in [2.24, 2.45) is 11.8 Å². The second kappa shape index (κ2) is 7.71. The van der Waals surface area contributed by atoms with Crippen LogP contribution in [0.4, 0.5) is 13.2 Å². The molecule has 2 atom stereocenters. The van der Waals surface area contributed by atoms with Crippen LogP contribution in [0.1, 0.15) is 10.4 Å². The van der Waals surface area contributed by atoms with Gasteiger partial charge in [-0.25, -0.2) is 8.42 Å². The van der Waals surface area contributed by atoms with E-state index in [9.17, 15) is 26.4 Å². The van der Waals surface area contributed by atoms with Crippen LogP contribution in [0.25, 0.3) is 0 Å². The molecule has 6 nitrogen and oxygen atoms in total. The fourth-order valence-electron chi connectivity index (χ4n) is 3.22. The zero-order valence-corrected chi connectivity index (χ0v) is 15.3. The third-order valence-corrected chi connectivity index (χ3v) is 6.41.